The lowest BCUT2D eigenvalue weighted by Gasteiger charge is -2.20. The van der Waals surface area contributed by atoms with Crippen LogP contribution in [0.2, 0.25) is 0 Å². The van der Waals surface area contributed by atoms with Crippen LogP contribution in [0.25, 0.3) is 11.1 Å². The monoisotopic (exact) mass is 391 g/mol. The quantitative estimate of drug-likeness (QED) is 0.423. The van der Waals surface area contributed by atoms with Gasteiger partial charge in [-0.1, -0.05) is 66.7 Å². The smallest absolute Gasteiger partial charge is 0.254 e. The van der Waals surface area contributed by atoms with Crippen molar-refractivity contribution in [2.75, 3.05) is 7.11 Å². The molecule has 0 fully saturated rings. The second-order valence-corrected chi connectivity index (χ2v) is 6.51. The van der Waals surface area contributed by atoms with E-state index in [0.29, 0.717) is 11.1 Å². The third kappa shape index (κ3) is 4.67. The molecule has 0 bridgehead atoms. The normalized spacial score (nSPS) is 11.7. The third-order valence-corrected chi connectivity index (χ3v) is 4.61. The highest BCUT2D eigenvalue weighted by Gasteiger charge is 2.26. The van der Waals surface area contributed by atoms with Gasteiger partial charge in [0.1, 0.15) is 11.7 Å². The second kappa shape index (κ2) is 9.12. The van der Waals surface area contributed by atoms with E-state index in [9.17, 15) is 9.18 Å². The number of hydrogen-bond donors (Lipinski definition) is 3. The van der Waals surface area contributed by atoms with Crippen LogP contribution < -0.4 is 11.1 Å². The minimum Gasteiger partial charge on any atom is -0.384 e. The van der Waals surface area contributed by atoms with Crippen LogP contribution in [0.1, 0.15) is 22.8 Å². The van der Waals surface area contributed by atoms with E-state index in [0.717, 1.165) is 11.1 Å². The fourth-order valence-electron chi connectivity index (χ4n) is 3.11. The zero-order chi connectivity index (χ0) is 20.8. The summed E-state index contributed by atoms with van der Waals surface area (Å²) in [5, 5.41) is 10.2. The number of amidine groups is 1. The molecule has 148 valence electrons. The Morgan fingerprint density at radius 3 is 2.38 bits per heavy atom. The highest BCUT2D eigenvalue weighted by Crippen LogP contribution is 2.32. The highest BCUT2D eigenvalue weighted by atomic mass is 19.1. The van der Waals surface area contributed by atoms with Gasteiger partial charge in [0, 0.05) is 24.8 Å². The van der Waals surface area contributed by atoms with Gasteiger partial charge in [-0.15, -0.1) is 0 Å². The summed E-state index contributed by atoms with van der Waals surface area (Å²) in [6, 6.07) is 21.0. The zero-order valence-corrected chi connectivity index (χ0v) is 16.0. The van der Waals surface area contributed by atoms with Gasteiger partial charge in [-0.2, -0.15) is 0 Å². The first-order valence-electron chi connectivity index (χ1n) is 9.09. The van der Waals surface area contributed by atoms with Gasteiger partial charge >= 0.3 is 0 Å². The predicted molar refractivity (Wildman–Crippen MR) is 111 cm³/mol. The molecule has 6 heteroatoms. The Balaban J connectivity index is 1.82. The Morgan fingerprint density at radius 2 is 1.76 bits per heavy atom. The van der Waals surface area contributed by atoms with Crippen molar-refractivity contribution in [2.24, 2.45) is 5.73 Å². The van der Waals surface area contributed by atoms with E-state index in [1.54, 1.807) is 36.4 Å². The number of carbonyl (C=O) groups excluding carboxylic acids is 1. The number of carbonyl (C=O) groups is 1. The molecule has 1 atom stereocenters. The summed E-state index contributed by atoms with van der Waals surface area (Å²) in [5.41, 5.74) is 8.49. The Kier molecular flexibility index (Phi) is 6.36. The molecule has 0 aromatic heterocycles. The molecule has 4 N–H and O–H groups in total. The average Bonchev–Trinajstić information content (AvgIpc) is 2.74. The van der Waals surface area contributed by atoms with Gasteiger partial charge in [0.05, 0.1) is 0 Å². The summed E-state index contributed by atoms with van der Waals surface area (Å²) in [6.45, 7) is 0.242. The molecule has 0 saturated heterocycles. The molecule has 0 heterocycles. The van der Waals surface area contributed by atoms with Gasteiger partial charge in [0.25, 0.3) is 5.91 Å². The molecule has 0 radical (unpaired) electrons. The van der Waals surface area contributed by atoms with Crippen LogP contribution in [-0.2, 0) is 16.1 Å². The number of nitrogen functional groups attached to an aromatic ring is 1. The molecule has 1 unspecified atom stereocenters. The minimum atomic E-state index is -1.09. The van der Waals surface area contributed by atoms with Crippen molar-refractivity contribution in [3.05, 3.63) is 95.3 Å². The number of ether oxygens (including phenoxy) is 1. The second-order valence-electron chi connectivity index (χ2n) is 6.51. The number of rotatable bonds is 7. The summed E-state index contributed by atoms with van der Waals surface area (Å²) in [6.07, 6.45) is -1.09. The van der Waals surface area contributed by atoms with Gasteiger partial charge in [0.2, 0.25) is 0 Å². The van der Waals surface area contributed by atoms with E-state index in [2.05, 4.69) is 5.32 Å². The van der Waals surface area contributed by atoms with E-state index in [1.165, 1.54) is 13.2 Å². The standard InChI is InChI=1S/C23H22FN3O2/c1-29-21(23(28)27-14-15-10-12-17(13-11-15)22(25)26)20-18(8-5-9-19(20)24)16-6-3-2-4-7-16/h2-13,21H,14H2,1H3,(H3,25,26)(H,27,28). The van der Waals surface area contributed by atoms with E-state index >= 15 is 0 Å². The average molecular weight is 391 g/mol. The molecule has 0 aliphatic heterocycles. The Labute approximate surface area is 168 Å². The van der Waals surface area contributed by atoms with Crippen molar-refractivity contribution >= 4 is 11.7 Å². The van der Waals surface area contributed by atoms with Crippen LogP contribution >= 0.6 is 0 Å². The number of amides is 1. The lowest BCUT2D eigenvalue weighted by atomic mass is 9.95. The van der Waals surface area contributed by atoms with Crippen LogP contribution in [0.5, 0.6) is 0 Å². The van der Waals surface area contributed by atoms with Crippen LogP contribution in [0, 0.1) is 11.2 Å². The first-order chi connectivity index (χ1) is 14.0. The van der Waals surface area contributed by atoms with Crippen LogP contribution in [0.4, 0.5) is 4.39 Å². The number of nitrogens with one attached hydrogen (secondary N) is 2. The van der Waals surface area contributed by atoms with E-state index < -0.39 is 17.8 Å². The minimum absolute atomic E-state index is 0.0203. The lowest BCUT2D eigenvalue weighted by molar-refractivity contribution is -0.131. The van der Waals surface area contributed by atoms with Gasteiger partial charge in [-0.05, 0) is 22.8 Å². The van der Waals surface area contributed by atoms with Crippen LogP contribution in [0.15, 0.2) is 72.8 Å². The molecular weight excluding hydrogens is 369 g/mol. The van der Waals surface area contributed by atoms with E-state index in [4.69, 9.17) is 15.9 Å². The van der Waals surface area contributed by atoms with Crippen molar-refractivity contribution < 1.29 is 13.9 Å². The third-order valence-electron chi connectivity index (χ3n) is 4.61. The summed E-state index contributed by atoms with van der Waals surface area (Å²) >= 11 is 0. The lowest BCUT2D eigenvalue weighted by Crippen LogP contribution is -2.30. The molecule has 1 amide bonds. The SMILES string of the molecule is COC(C(=O)NCc1ccc(C(=N)N)cc1)c1c(F)cccc1-c1ccccc1. The topological polar surface area (TPSA) is 88.2 Å². The largest absolute Gasteiger partial charge is 0.384 e. The van der Waals surface area contributed by atoms with Crippen LogP contribution in [-0.4, -0.2) is 18.9 Å². The maximum absolute atomic E-state index is 14.7. The van der Waals surface area contributed by atoms with E-state index in [-0.39, 0.29) is 17.9 Å². The first-order valence-corrected chi connectivity index (χ1v) is 9.09. The van der Waals surface area contributed by atoms with Crippen molar-refractivity contribution in [3.8, 4) is 11.1 Å². The summed E-state index contributed by atoms with van der Waals surface area (Å²) < 4.78 is 20.1. The molecule has 0 aliphatic carbocycles. The first kappa shape index (κ1) is 20.2. The fraction of sp³-hybridized carbons (Fsp3) is 0.130. The van der Waals surface area contributed by atoms with Crippen molar-refractivity contribution in [1.29, 1.82) is 5.41 Å². The Hall–Kier alpha value is -3.51. The number of halogens is 1. The molecule has 0 aliphatic rings. The summed E-state index contributed by atoms with van der Waals surface area (Å²) in [7, 11) is 1.38. The van der Waals surface area contributed by atoms with Crippen LogP contribution in [0.3, 0.4) is 0 Å². The van der Waals surface area contributed by atoms with Crippen molar-refractivity contribution in [2.45, 2.75) is 12.6 Å². The summed E-state index contributed by atoms with van der Waals surface area (Å²) in [4.78, 5) is 12.8. The summed E-state index contributed by atoms with van der Waals surface area (Å²) in [5.74, 6) is -0.961. The molecular formula is C23H22FN3O2. The number of methoxy groups -OCH3 is 1. The molecule has 3 aromatic carbocycles. The maximum atomic E-state index is 14.7. The molecule has 29 heavy (non-hydrogen) atoms. The molecule has 3 rings (SSSR count). The Bertz CT molecular complexity index is 1000. The molecule has 0 saturated carbocycles. The number of hydrogen-bond acceptors (Lipinski definition) is 3. The maximum Gasteiger partial charge on any atom is 0.254 e. The Morgan fingerprint density at radius 1 is 1.07 bits per heavy atom. The zero-order valence-electron chi connectivity index (χ0n) is 16.0. The molecule has 3 aromatic rings. The molecule has 5 nitrogen and oxygen atoms in total. The number of nitrogens with two attached hydrogens (primary N) is 1. The van der Waals surface area contributed by atoms with Crippen molar-refractivity contribution in [1.82, 2.24) is 5.32 Å². The van der Waals surface area contributed by atoms with Gasteiger partial charge in [-0.25, -0.2) is 4.39 Å². The van der Waals surface area contributed by atoms with E-state index in [1.807, 2.05) is 30.3 Å². The van der Waals surface area contributed by atoms with Gasteiger partial charge < -0.3 is 15.8 Å². The fourth-order valence-corrected chi connectivity index (χ4v) is 3.11. The van der Waals surface area contributed by atoms with Crippen molar-refractivity contribution in [3.63, 3.8) is 0 Å². The van der Waals surface area contributed by atoms with Gasteiger partial charge in [0.15, 0.2) is 6.10 Å². The highest BCUT2D eigenvalue weighted by molar-refractivity contribution is 5.94. The van der Waals surface area contributed by atoms with Gasteiger partial charge in [-0.3, -0.25) is 10.2 Å². The predicted octanol–water partition coefficient (Wildman–Crippen LogP) is 3.78. The molecule has 0 spiro atoms. The number of benzene rings is 3.